The summed E-state index contributed by atoms with van der Waals surface area (Å²) in [6.07, 6.45) is 7.86. The Bertz CT molecular complexity index is 176. The molecule has 1 rings (SSSR count). The molecule has 0 radical (unpaired) electrons. The normalized spacial score (nSPS) is 19.8. The molecular formula is C15H31NO. The van der Waals surface area contributed by atoms with Gasteiger partial charge in [0, 0.05) is 19.3 Å². The molecule has 0 saturated carbocycles. The number of rotatable bonds is 8. The fourth-order valence-corrected chi connectivity index (χ4v) is 2.69. The average molecular weight is 241 g/mol. The highest BCUT2D eigenvalue weighted by Crippen LogP contribution is 2.22. The van der Waals surface area contributed by atoms with Crippen molar-refractivity contribution < 1.29 is 4.74 Å². The monoisotopic (exact) mass is 241 g/mol. The second-order valence-electron chi connectivity index (χ2n) is 5.91. The first kappa shape index (κ1) is 15.0. The maximum Gasteiger partial charge on any atom is 0.0468 e. The predicted octanol–water partition coefficient (Wildman–Crippen LogP) is 3.61. The highest BCUT2D eigenvalue weighted by Gasteiger charge is 2.16. The summed E-state index contributed by atoms with van der Waals surface area (Å²) in [5, 5.41) is 3.71. The lowest BCUT2D eigenvalue weighted by Gasteiger charge is -2.26. The van der Waals surface area contributed by atoms with Gasteiger partial charge in [-0.3, -0.25) is 0 Å². The van der Waals surface area contributed by atoms with Crippen LogP contribution in [-0.4, -0.2) is 25.8 Å². The third-order valence-electron chi connectivity index (χ3n) is 3.70. The van der Waals surface area contributed by atoms with Crippen LogP contribution in [0, 0.1) is 11.8 Å². The second kappa shape index (κ2) is 8.93. The first-order valence-electron chi connectivity index (χ1n) is 7.53. The first-order valence-corrected chi connectivity index (χ1v) is 7.53. The summed E-state index contributed by atoms with van der Waals surface area (Å²) in [6.45, 7) is 10.1. The van der Waals surface area contributed by atoms with Crippen molar-refractivity contribution in [2.45, 2.75) is 65.3 Å². The molecule has 1 atom stereocenters. The van der Waals surface area contributed by atoms with Crippen LogP contribution in [0.15, 0.2) is 0 Å². The van der Waals surface area contributed by atoms with Crippen LogP contribution in [0.5, 0.6) is 0 Å². The number of nitrogens with one attached hydrogen (secondary N) is 1. The fourth-order valence-electron chi connectivity index (χ4n) is 2.69. The van der Waals surface area contributed by atoms with Crippen LogP contribution < -0.4 is 5.32 Å². The largest absolute Gasteiger partial charge is 0.381 e. The van der Waals surface area contributed by atoms with Crippen molar-refractivity contribution in [1.82, 2.24) is 5.32 Å². The topological polar surface area (TPSA) is 21.3 Å². The molecule has 17 heavy (non-hydrogen) atoms. The molecular weight excluding hydrogens is 210 g/mol. The number of hydrogen-bond donors (Lipinski definition) is 1. The Balaban J connectivity index is 2.21. The van der Waals surface area contributed by atoms with Gasteiger partial charge in [-0.2, -0.15) is 0 Å². The minimum atomic E-state index is 0.734. The molecule has 102 valence electrons. The summed E-state index contributed by atoms with van der Waals surface area (Å²) in [5.74, 6) is 1.72. The standard InChI is InChI=1S/C15H31NO/c1-4-9-16-15(12-13(2)3)6-5-14-7-10-17-11-8-14/h13-16H,4-12H2,1-3H3. The zero-order valence-corrected chi connectivity index (χ0v) is 12.0. The molecule has 1 fully saturated rings. The van der Waals surface area contributed by atoms with E-state index in [-0.39, 0.29) is 0 Å². The van der Waals surface area contributed by atoms with E-state index in [0.717, 1.165) is 31.1 Å². The molecule has 1 heterocycles. The summed E-state index contributed by atoms with van der Waals surface area (Å²) in [7, 11) is 0. The summed E-state index contributed by atoms with van der Waals surface area (Å²) >= 11 is 0. The maximum atomic E-state index is 5.42. The SMILES string of the molecule is CCCNC(CCC1CCOCC1)CC(C)C. The lowest BCUT2D eigenvalue weighted by molar-refractivity contribution is 0.0621. The minimum Gasteiger partial charge on any atom is -0.381 e. The van der Waals surface area contributed by atoms with E-state index in [1.165, 1.54) is 45.1 Å². The lowest BCUT2D eigenvalue weighted by Crippen LogP contribution is -2.32. The molecule has 1 unspecified atom stereocenters. The van der Waals surface area contributed by atoms with Crippen LogP contribution >= 0.6 is 0 Å². The molecule has 0 aromatic rings. The van der Waals surface area contributed by atoms with Gasteiger partial charge in [0.2, 0.25) is 0 Å². The Labute approximate surface area is 108 Å². The zero-order chi connectivity index (χ0) is 12.5. The maximum absolute atomic E-state index is 5.42. The summed E-state index contributed by atoms with van der Waals surface area (Å²) in [4.78, 5) is 0. The number of hydrogen-bond acceptors (Lipinski definition) is 2. The van der Waals surface area contributed by atoms with Crippen LogP contribution in [0.3, 0.4) is 0 Å². The van der Waals surface area contributed by atoms with Gasteiger partial charge in [-0.25, -0.2) is 0 Å². The van der Waals surface area contributed by atoms with Gasteiger partial charge in [-0.15, -0.1) is 0 Å². The molecule has 1 N–H and O–H groups in total. The van der Waals surface area contributed by atoms with Gasteiger partial charge in [0.25, 0.3) is 0 Å². The third-order valence-corrected chi connectivity index (χ3v) is 3.70. The first-order chi connectivity index (χ1) is 8.22. The van der Waals surface area contributed by atoms with Crippen molar-refractivity contribution in [1.29, 1.82) is 0 Å². The quantitative estimate of drug-likeness (QED) is 0.701. The van der Waals surface area contributed by atoms with E-state index in [2.05, 4.69) is 26.1 Å². The second-order valence-corrected chi connectivity index (χ2v) is 5.91. The summed E-state index contributed by atoms with van der Waals surface area (Å²) in [6, 6.07) is 0.734. The van der Waals surface area contributed by atoms with Crippen molar-refractivity contribution in [2.75, 3.05) is 19.8 Å². The van der Waals surface area contributed by atoms with Gasteiger partial charge in [-0.1, -0.05) is 20.8 Å². The van der Waals surface area contributed by atoms with Crippen LogP contribution in [0.2, 0.25) is 0 Å². The van der Waals surface area contributed by atoms with Crippen LogP contribution in [-0.2, 0) is 4.74 Å². The van der Waals surface area contributed by atoms with Crippen molar-refractivity contribution in [2.24, 2.45) is 11.8 Å². The van der Waals surface area contributed by atoms with Crippen molar-refractivity contribution in [3.8, 4) is 0 Å². The van der Waals surface area contributed by atoms with Crippen molar-refractivity contribution in [3.63, 3.8) is 0 Å². The highest BCUT2D eigenvalue weighted by atomic mass is 16.5. The van der Waals surface area contributed by atoms with E-state index < -0.39 is 0 Å². The molecule has 1 aliphatic heterocycles. The Hall–Kier alpha value is -0.0800. The molecule has 0 aliphatic carbocycles. The molecule has 0 aromatic heterocycles. The lowest BCUT2D eigenvalue weighted by atomic mass is 9.90. The van der Waals surface area contributed by atoms with E-state index >= 15 is 0 Å². The van der Waals surface area contributed by atoms with Crippen LogP contribution in [0.25, 0.3) is 0 Å². The Morgan fingerprint density at radius 1 is 1.24 bits per heavy atom. The third kappa shape index (κ3) is 7.05. The smallest absolute Gasteiger partial charge is 0.0468 e. The van der Waals surface area contributed by atoms with Crippen molar-refractivity contribution >= 4 is 0 Å². The Morgan fingerprint density at radius 3 is 2.53 bits per heavy atom. The number of ether oxygens (including phenoxy) is 1. The molecule has 0 amide bonds. The van der Waals surface area contributed by atoms with Gasteiger partial charge in [0.05, 0.1) is 0 Å². The van der Waals surface area contributed by atoms with Crippen LogP contribution in [0.1, 0.15) is 59.3 Å². The van der Waals surface area contributed by atoms with Crippen LogP contribution in [0.4, 0.5) is 0 Å². The predicted molar refractivity (Wildman–Crippen MR) is 74.3 cm³/mol. The van der Waals surface area contributed by atoms with Gasteiger partial charge in [0.1, 0.15) is 0 Å². The molecule has 1 saturated heterocycles. The molecule has 0 bridgehead atoms. The molecule has 1 aliphatic rings. The molecule has 0 aromatic carbocycles. The van der Waals surface area contributed by atoms with E-state index in [0.29, 0.717) is 0 Å². The molecule has 2 nitrogen and oxygen atoms in total. The van der Waals surface area contributed by atoms with Gasteiger partial charge < -0.3 is 10.1 Å². The van der Waals surface area contributed by atoms with E-state index in [1.807, 2.05) is 0 Å². The van der Waals surface area contributed by atoms with E-state index in [9.17, 15) is 0 Å². The molecule has 0 spiro atoms. The van der Waals surface area contributed by atoms with E-state index in [1.54, 1.807) is 0 Å². The zero-order valence-electron chi connectivity index (χ0n) is 12.0. The summed E-state index contributed by atoms with van der Waals surface area (Å²) in [5.41, 5.74) is 0. The highest BCUT2D eigenvalue weighted by molar-refractivity contribution is 4.72. The van der Waals surface area contributed by atoms with E-state index in [4.69, 9.17) is 4.74 Å². The van der Waals surface area contributed by atoms with Gasteiger partial charge in [0.15, 0.2) is 0 Å². The Kier molecular flexibility index (Phi) is 7.87. The van der Waals surface area contributed by atoms with Gasteiger partial charge in [-0.05, 0) is 56.9 Å². The molecule has 2 heteroatoms. The average Bonchev–Trinajstić information content (AvgIpc) is 2.33. The fraction of sp³-hybridized carbons (Fsp3) is 1.00. The minimum absolute atomic E-state index is 0.734. The van der Waals surface area contributed by atoms with Gasteiger partial charge >= 0.3 is 0 Å². The Morgan fingerprint density at radius 2 is 1.94 bits per heavy atom. The summed E-state index contributed by atoms with van der Waals surface area (Å²) < 4.78 is 5.42. The van der Waals surface area contributed by atoms with Crippen molar-refractivity contribution in [3.05, 3.63) is 0 Å².